The molecule has 16 heavy (non-hydrogen) atoms. The van der Waals surface area contributed by atoms with Gasteiger partial charge in [0.25, 0.3) is 0 Å². The molecule has 0 nitrogen and oxygen atoms in total. The van der Waals surface area contributed by atoms with Crippen molar-refractivity contribution in [3.05, 3.63) is 0 Å². The molecule has 0 rings (SSSR count). The molecule has 3 heteroatoms. The molecule has 0 saturated heterocycles. The van der Waals surface area contributed by atoms with Crippen LogP contribution in [0, 0.1) is 0 Å². The van der Waals surface area contributed by atoms with Gasteiger partial charge in [-0.15, -0.1) is 0 Å². The van der Waals surface area contributed by atoms with Crippen molar-refractivity contribution in [3.8, 4) is 0 Å². The molecular weight excluding hydrogens is 252 g/mol. The monoisotopic (exact) mass is 282 g/mol. The SMILES string of the molecule is CCCCSCCC.CCCSSCCC. The normalized spacial score (nSPS) is 9.75. The minimum atomic E-state index is 1.31. The van der Waals surface area contributed by atoms with Crippen molar-refractivity contribution in [1.82, 2.24) is 0 Å². The first-order chi connectivity index (χ1) is 7.83. The molecule has 0 radical (unpaired) electrons. The highest BCUT2D eigenvalue weighted by Gasteiger charge is 1.84. The fraction of sp³-hybridized carbons (Fsp3) is 1.00. The fourth-order valence-corrected chi connectivity index (χ4v) is 4.04. The van der Waals surface area contributed by atoms with Crippen LogP contribution in [0.15, 0.2) is 0 Å². The highest BCUT2D eigenvalue weighted by atomic mass is 33.1. The van der Waals surface area contributed by atoms with Gasteiger partial charge in [0.1, 0.15) is 0 Å². The van der Waals surface area contributed by atoms with Crippen LogP contribution in [-0.2, 0) is 0 Å². The van der Waals surface area contributed by atoms with Crippen LogP contribution < -0.4 is 0 Å². The molecule has 0 N–H and O–H groups in total. The zero-order chi connectivity index (χ0) is 12.5. The summed E-state index contributed by atoms with van der Waals surface area (Å²) in [7, 11) is 3.99. The van der Waals surface area contributed by atoms with Gasteiger partial charge < -0.3 is 0 Å². The molecule has 100 valence electrons. The maximum atomic E-state index is 2.24. The molecule has 0 bridgehead atoms. The summed E-state index contributed by atoms with van der Waals surface area (Å²) in [6, 6.07) is 0. The molecule has 0 fully saturated rings. The lowest BCUT2D eigenvalue weighted by Gasteiger charge is -1.94. The molecule has 0 aliphatic carbocycles. The van der Waals surface area contributed by atoms with Gasteiger partial charge in [-0.05, 0) is 37.2 Å². The summed E-state index contributed by atoms with van der Waals surface area (Å²) in [4.78, 5) is 0. The van der Waals surface area contributed by atoms with Crippen LogP contribution in [0.25, 0.3) is 0 Å². The van der Waals surface area contributed by atoms with Crippen molar-refractivity contribution in [2.75, 3.05) is 23.0 Å². The Morgan fingerprint density at radius 3 is 1.44 bits per heavy atom. The second kappa shape index (κ2) is 21.3. The van der Waals surface area contributed by atoms with Crippen LogP contribution in [-0.4, -0.2) is 23.0 Å². The predicted octanol–water partition coefficient (Wildman–Crippen LogP) is 6.12. The number of unbranched alkanes of at least 4 members (excludes halogenated alkanes) is 1. The van der Waals surface area contributed by atoms with E-state index in [-0.39, 0.29) is 0 Å². The summed E-state index contributed by atoms with van der Waals surface area (Å²) in [6.45, 7) is 8.92. The van der Waals surface area contributed by atoms with Gasteiger partial charge in [0.2, 0.25) is 0 Å². The Hall–Kier alpha value is 1.05. The van der Waals surface area contributed by atoms with Crippen molar-refractivity contribution >= 4 is 33.3 Å². The van der Waals surface area contributed by atoms with E-state index in [9.17, 15) is 0 Å². The number of hydrogen-bond acceptors (Lipinski definition) is 3. The van der Waals surface area contributed by atoms with E-state index in [2.05, 4.69) is 39.5 Å². The third-order valence-electron chi connectivity index (χ3n) is 1.65. The maximum Gasteiger partial charge on any atom is 0.00343 e. The summed E-state index contributed by atoms with van der Waals surface area (Å²) in [5.74, 6) is 5.33. The first-order valence-corrected chi connectivity index (χ1v) is 10.3. The quantitative estimate of drug-likeness (QED) is 0.350. The topological polar surface area (TPSA) is 0 Å². The molecular formula is C13H30S3. The molecule has 0 saturated carbocycles. The van der Waals surface area contributed by atoms with Crippen molar-refractivity contribution in [2.24, 2.45) is 0 Å². The highest BCUT2D eigenvalue weighted by molar-refractivity contribution is 8.76. The maximum absolute atomic E-state index is 2.24. The van der Waals surface area contributed by atoms with E-state index in [4.69, 9.17) is 0 Å². The van der Waals surface area contributed by atoms with E-state index in [1.54, 1.807) is 0 Å². The van der Waals surface area contributed by atoms with Gasteiger partial charge in [-0.2, -0.15) is 11.8 Å². The molecule has 0 unspecified atom stereocenters. The van der Waals surface area contributed by atoms with Crippen molar-refractivity contribution in [2.45, 2.75) is 59.8 Å². The Labute approximate surface area is 116 Å². The van der Waals surface area contributed by atoms with E-state index in [0.29, 0.717) is 0 Å². The second-order valence-corrected chi connectivity index (χ2v) is 7.54. The lowest BCUT2D eigenvalue weighted by Crippen LogP contribution is -1.79. The fourth-order valence-electron chi connectivity index (χ4n) is 0.777. The van der Waals surface area contributed by atoms with E-state index in [0.717, 1.165) is 0 Å². The van der Waals surface area contributed by atoms with Crippen LogP contribution >= 0.6 is 33.3 Å². The molecule has 0 aliphatic heterocycles. The van der Waals surface area contributed by atoms with Gasteiger partial charge in [0, 0.05) is 11.5 Å². The summed E-state index contributed by atoms with van der Waals surface area (Å²) >= 11 is 2.08. The smallest absolute Gasteiger partial charge is 0.00343 e. The Morgan fingerprint density at radius 1 is 0.562 bits per heavy atom. The molecule has 0 spiro atoms. The van der Waals surface area contributed by atoms with Crippen LogP contribution in [0.1, 0.15) is 59.8 Å². The van der Waals surface area contributed by atoms with Crippen molar-refractivity contribution in [3.63, 3.8) is 0 Å². The molecule has 0 heterocycles. The lowest BCUT2D eigenvalue weighted by atomic mass is 10.4. The number of hydrogen-bond donors (Lipinski definition) is 0. The second-order valence-electron chi connectivity index (χ2n) is 3.61. The van der Waals surface area contributed by atoms with Gasteiger partial charge in [-0.3, -0.25) is 0 Å². The van der Waals surface area contributed by atoms with Crippen molar-refractivity contribution < 1.29 is 0 Å². The molecule has 0 aromatic carbocycles. The summed E-state index contributed by atoms with van der Waals surface area (Å²) in [6.07, 6.45) is 6.68. The predicted molar refractivity (Wildman–Crippen MR) is 88.0 cm³/mol. The van der Waals surface area contributed by atoms with Crippen molar-refractivity contribution in [1.29, 1.82) is 0 Å². The third-order valence-corrected chi connectivity index (χ3v) is 5.74. The minimum absolute atomic E-state index is 1.31. The molecule has 0 amide bonds. The van der Waals surface area contributed by atoms with Gasteiger partial charge in [-0.25, -0.2) is 0 Å². The Morgan fingerprint density at radius 2 is 1.06 bits per heavy atom. The summed E-state index contributed by atoms with van der Waals surface area (Å²) < 4.78 is 0. The van der Waals surface area contributed by atoms with Gasteiger partial charge in [0.05, 0.1) is 0 Å². The van der Waals surface area contributed by atoms with E-state index in [1.807, 2.05) is 21.6 Å². The lowest BCUT2D eigenvalue weighted by molar-refractivity contribution is 0.895. The Bertz CT molecular complexity index is 73.2. The zero-order valence-electron chi connectivity index (χ0n) is 11.6. The Kier molecular flexibility index (Phi) is 25.9. The molecule has 0 aromatic heterocycles. The van der Waals surface area contributed by atoms with Gasteiger partial charge in [0.15, 0.2) is 0 Å². The largest absolute Gasteiger partial charge is 0.162 e. The van der Waals surface area contributed by atoms with E-state index >= 15 is 0 Å². The number of rotatable bonds is 10. The Balaban J connectivity index is 0. The summed E-state index contributed by atoms with van der Waals surface area (Å²) in [5.41, 5.74) is 0. The first-order valence-electron chi connectivity index (χ1n) is 6.65. The van der Waals surface area contributed by atoms with Gasteiger partial charge >= 0.3 is 0 Å². The first kappa shape index (κ1) is 19.4. The zero-order valence-corrected chi connectivity index (χ0v) is 14.0. The standard InChI is InChI=1S/C7H16S.C6H14S2/c2*1-3-5-7-8-6-4-2/h3-7H2,1-2H3;3-6H2,1-2H3. The van der Waals surface area contributed by atoms with Crippen LogP contribution in [0.5, 0.6) is 0 Å². The van der Waals surface area contributed by atoms with E-state index < -0.39 is 0 Å². The molecule has 0 aliphatic rings. The number of thioether (sulfide) groups is 1. The van der Waals surface area contributed by atoms with Gasteiger partial charge in [-0.1, -0.05) is 55.7 Å². The average molecular weight is 283 g/mol. The van der Waals surface area contributed by atoms with Crippen LogP contribution in [0.4, 0.5) is 0 Å². The van der Waals surface area contributed by atoms with Crippen LogP contribution in [0.3, 0.4) is 0 Å². The molecule has 0 atom stereocenters. The summed E-state index contributed by atoms with van der Waals surface area (Å²) in [5, 5.41) is 0. The van der Waals surface area contributed by atoms with E-state index in [1.165, 1.54) is 55.1 Å². The minimum Gasteiger partial charge on any atom is -0.162 e. The average Bonchev–Trinajstić information content (AvgIpc) is 2.31. The molecule has 0 aromatic rings. The highest BCUT2D eigenvalue weighted by Crippen LogP contribution is 2.21. The van der Waals surface area contributed by atoms with Crippen LogP contribution in [0.2, 0.25) is 0 Å². The third kappa shape index (κ3) is 24.3.